The quantitative estimate of drug-likeness (QED) is 0.443. The van der Waals surface area contributed by atoms with Crippen LogP contribution in [0.3, 0.4) is 0 Å². The molecule has 0 saturated carbocycles. The first-order valence-corrected chi connectivity index (χ1v) is 13.1. The highest BCUT2D eigenvalue weighted by molar-refractivity contribution is 6.25. The Morgan fingerprint density at radius 3 is 2.20 bits per heavy atom. The fourth-order valence-electron chi connectivity index (χ4n) is 5.26. The zero-order valence-electron chi connectivity index (χ0n) is 22.4. The molecule has 3 unspecified atom stereocenters. The molecule has 3 heterocycles. The van der Waals surface area contributed by atoms with Gasteiger partial charge in [-0.15, -0.1) is 0 Å². The summed E-state index contributed by atoms with van der Waals surface area (Å²) in [6.07, 6.45) is 0.521. The summed E-state index contributed by atoms with van der Waals surface area (Å²) in [6, 6.07) is 20.4. The molecule has 6 rings (SSSR count). The van der Waals surface area contributed by atoms with Crippen LogP contribution >= 0.6 is 0 Å². The van der Waals surface area contributed by atoms with Gasteiger partial charge in [0.05, 0.1) is 24.6 Å². The van der Waals surface area contributed by atoms with E-state index in [-0.39, 0.29) is 18.5 Å². The van der Waals surface area contributed by atoms with E-state index in [1.807, 2.05) is 74.5 Å². The number of methoxy groups -OCH3 is 1. The SMILES string of the molecule is COc1ccc(C2CC(c3ccc(C)cc3)=NN2C(=O)CN2N=NC3C(=O)N(c4ccc(C)cc4)C(=O)C32)cc1. The van der Waals surface area contributed by atoms with Crippen LogP contribution in [0.4, 0.5) is 5.69 Å². The normalized spacial score (nSPS) is 21.7. The van der Waals surface area contributed by atoms with Crippen molar-refractivity contribution in [3.8, 4) is 5.75 Å². The minimum absolute atomic E-state index is 0.247. The van der Waals surface area contributed by atoms with E-state index >= 15 is 0 Å². The fourth-order valence-corrected chi connectivity index (χ4v) is 5.26. The maximum Gasteiger partial charge on any atom is 0.264 e. The molecule has 3 aliphatic rings. The number of hydrogen-bond acceptors (Lipinski definition) is 8. The van der Waals surface area contributed by atoms with Gasteiger partial charge < -0.3 is 4.74 Å². The number of carbonyl (C=O) groups is 3. The van der Waals surface area contributed by atoms with Crippen LogP contribution in [0.1, 0.15) is 34.7 Å². The number of nitrogens with zero attached hydrogens (tertiary/aromatic N) is 6. The van der Waals surface area contributed by atoms with E-state index in [1.165, 1.54) is 10.0 Å². The number of hydrazone groups is 1. The average Bonchev–Trinajstić information content (AvgIpc) is 3.65. The first kappa shape index (κ1) is 25.4. The highest BCUT2D eigenvalue weighted by Gasteiger charge is 2.55. The Morgan fingerprint density at radius 1 is 0.900 bits per heavy atom. The standard InChI is InChI=1S/C30H28N6O4/c1-18-4-8-20(9-5-18)24-16-25(21-10-14-23(40-3)15-11-21)36(32-24)26(37)17-34-28-27(31-33-34)29(38)35(30(28)39)22-12-6-19(2)7-13-22/h4-15,25,27-28H,16-17H2,1-3H3. The van der Waals surface area contributed by atoms with E-state index < -0.39 is 23.9 Å². The summed E-state index contributed by atoms with van der Waals surface area (Å²) in [4.78, 5) is 41.3. The van der Waals surface area contributed by atoms with Crippen molar-refractivity contribution >= 4 is 29.1 Å². The average molecular weight is 537 g/mol. The maximum absolute atomic E-state index is 13.7. The number of anilines is 1. The molecule has 202 valence electrons. The molecule has 0 aromatic heterocycles. The van der Waals surface area contributed by atoms with Gasteiger partial charge in [0.1, 0.15) is 12.3 Å². The van der Waals surface area contributed by atoms with Crippen molar-refractivity contribution in [3.63, 3.8) is 0 Å². The van der Waals surface area contributed by atoms with Crippen LogP contribution in [0.25, 0.3) is 0 Å². The Kier molecular flexibility index (Phi) is 6.37. The number of aryl methyl sites for hydroxylation is 2. The van der Waals surface area contributed by atoms with Gasteiger partial charge in [-0.05, 0) is 49.2 Å². The molecule has 0 aliphatic carbocycles. The molecule has 3 amide bonds. The lowest BCUT2D eigenvalue weighted by Gasteiger charge is -2.25. The van der Waals surface area contributed by atoms with Gasteiger partial charge in [0.2, 0.25) is 0 Å². The predicted octanol–water partition coefficient (Wildman–Crippen LogP) is 3.98. The third kappa shape index (κ3) is 4.41. The lowest BCUT2D eigenvalue weighted by atomic mass is 9.98. The van der Waals surface area contributed by atoms with E-state index in [1.54, 1.807) is 19.2 Å². The fraction of sp³-hybridized carbons (Fsp3) is 0.267. The molecule has 3 aromatic rings. The molecular formula is C30H28N6O4. The summed E-state index contributed by atoms with van der Waals surface area (Å²) >= 11 is 0. The van der Waals surface area contributed by atoms with Crippen LogP contribution in [0.15, 0.2) is 88.2 Å². The van der Waals surface area contributed by atoms with Gasteiger partial charge in [0, 0.05) is 6.42 Å². The highest BCUT2D eigenvalue weighted by Crippen LogP contribution is 2.36. The van der Waals surface area contributed by atoms with E-state index in [9.17, 15) is 14.4 Å². The van der Waals surface area contributed by atoms with Gasteiger partial charge in [0.25, 0.3) is 17.7 Å². The number of ether oxygens (including phenoxy) is 1. The second-order valence-electron chi connectivity index (χ2n) is 10.2. The number of imide groups is 1. The van der Waals surface area contributed by atoms with Crippen molar-refractivity contribution in [2.24, 2.45) is 15.4 Å². The van der Waals surface area contributed by atoms with Gasteiger partial charge in [-0.1, -0.05) is 64.9 Å². The number of hydrogen-bond donors (Lipinski definition) is 0. The summed E-state index contributed by atoms with van der Waals surface area (Å²) in [5.41, 5.74) is 5.24. The highest BCUT2D eigenvalue weighted by atomic mass is 16.5. The Bertz CT molecular complexity index is 1530. The molecule has 0 radical (unpaired) electrons. The topological polar surface area (TPSA) is 107 Å². The first-order chi connectivity index (χ1) is 19.3. The van der Waals surface area contributed by atoms with Crippen LogP contribution in [0.5, 0.6) is 5.75 Å². The number of amides is 3. The van der Waals surface area contributed by atoms with Crippen molar-refractivity contribution in [2.45, 2.75) is 38.4 Å². The molecule has 3 aromatic carbocycles. The number of carbonyl (C=O) groups excluding carboxylic acids is 3. The molecule has 0 bridgehead atoms. The first-order valence-electron chi connectivity index (χ1n) is 13.1. The maximum atomic E-state index is 13.7. The van der Waals surface area contributed by atoms with Crippen molar-refractivity contribution in [3.05, 3.63) is 95.1 Å². The van der Waals surface area contributed by atoms with E-state index in [0.29, 0.717) is 17.9 Å². The van der Waals surface area contributed by atoms with E-state index in [0.717, 1.165) is 32.9 Å². The van der Waals surface area contributed by atoms with Gasteiger partial charge >= 0.3 is 0 Å². The molecule has 3 atom stereocenters. The minimum Gasteiger partial charge on any atom is -0.497 e. The lowest BCUT2D eigenvalue weighted by molar-refractivity contribution is -0.135. The molecule has 1 fully saturated rings. The van der Waals surface area contributed by atoms with Gasteiger partial charge in [-0.25, -0.2) is 9.91 Å². The third-order valence-corrected chi connectivity index (χ3v) is 7.50. The second-order valence-corrected chi connectivity index (χ2v) is 10.2. The Hall–Kier alpha value is -4.86. The van der Waals surface area contributed by atoms with Crippen LogP contribution in [0.2, 0.25) is 0 Å². The predicted molar refractivity (Wildman–Crippen MR) is 148 cm³/mol. The Morgan fingerprint density at radius 2 is 1.55 bits per heavy atom. The summed E-state index contributed by atoms with van der Waals surface area (Å²) in [5.74, 6) is -0.537. The van der Waals surface area contributed by atoms with Crippen LogP contribution < -0.4 is 9.64 Å². The summed E-state index contributed by atoms with van der Waals surface area (Å²) in [5, 5.41) is 15.6. The molecule has 1 saturated heterocycles. The van der Waals surface area contributed by atoms with Crippen LogP contribution in [-0.2, 0) is 14.4 Å². The summed E-state index contributed by atoms with van der Waals surface area (Å²) < 4.78 is 5.30. The zero-order chi connectivity index (χ0) is 28.0. The number of rotatable bonds is 6. The number of benzene rings is 3. The molecule has 10 nitrogen and oxygen atoms in total. The van der Waals surface area contributed by atoms with Crippen molar-refractivity contribution in [1.29, 1.82) is 0 Å². The van der Waals surface area contributed by atoms with Crippen molar-refractivity contribution in [2.75, 3.05) is 18.6 Å². The monoisotopic (exact) mass is 536 g/mol. The van der Waals surface area contributed by atoms with Gasteiger partial charge in [0.15, 0.2) is 12.1 Å². The van der Waals surface area contributed by atoms with Crippen molar-refractivity contribution < 1.29 is 19.1 Å². The number of fused-ring (bicyclic) bond motifs is 1. The zero-order valence-corrected chi connectivity index (χ0v) is 22.4. The summed E-state index contributed by atoms with van der Waals surface area (Å²) in [6.45, 7) is 3.70. The summed E-state index contributed by atoms with van der Waals surface area (Å²) in [7, 11) is 1.60. The van der Waals surface area contributed by atoms with E-state index in [4.69, 9.17) is 9.84 Å². The van der Waals surface area contributed by atoms with Gasteiger partial charge in [-0.3, -0.25) is 19.4 Å². The molecule has 0 spiro atoms. The molecule has 10 heteroatoms. The molecular weight excluding hydrogens is 508 g/mol. The third-order valence-electron chi connectivity index (χ3n) is 7.50. The Labute approximate surface area is 231 Å². The second kappa shape index (κ2) is 10.0. The minimum atomic E-state index is -0.982. The van der Waals surface area contributed by atoms with E-state index in [2.05, 4.69) is 10.3 Å². The lowest BCUT2D eigenvalue weighted by Crippen LogP contribution is -2.44. The van der Waals surface area contributed by atoms with Crippen LogP contribution in [0, 0.1) is 13.8 Å². The molecule has 3 aliphatic heterocycles. The van der Waals surface area contributed by atoms with Crippen molar-refractivity contribution in [1.82, 2.24) is 10.0 Å². The molecule has 0 N–H and O–H groups in total. The van der Waals surface area contributed by atoms with Gasteiger partial charge in [-0.2, -0.15) is 10.2 Å². The largest absolute Gasteiger partial charge is 0.497 e. The Balaban J connectivity index is 1.26. The van der Waals surface area contributed by atoms with Crippen LogP contribution in [-0.4, -0.2) is 59.2 Å². The molecule has 40 heavy (non-hydrogen) atoms. The smallest absolute Gasteiger partial charge is 0.264 e.